The minimum absolute atomic E-state index is 0.0307. The molecule has 0 unspecified atom stereocenters. The van der Waals surface area contributed by atoms with Crippen molar-refractivity contribution in [1.29, 1.82) is 5.53 Å². The summed E-state index contributed by atoms with van der Waals surface area (Å²) in [6.07, 6.45) is 1.35. The van der Waals surface area contributed by atoms with Gasteiger partial charge >= 0.3 is 0 Å². The number of nitrogens with zero attached hydrogens (tertiary/aromatic N) is 5. The molecule has 0 aliphatic heterocycles. The Labute approximate surface area is 129 Å². The molecule has 0 radical (unpaired) electrons. The third-order valence-corrected chi connectivity index (χ3v) is 3.22. The molecule has 2 aromatic heterocycles. The van der Waals surface area contributed by atoms with E-state index < -0.39 is 0 Å². The Balaban J connectivity index is 2.13. The van der Waals surface area contributed by atoms with Gasteiger partial charge in [0.25, 0.3) is 0 Å². The van der Waals surface area contributed by atoms with E-state index in [0.717, 1.165) is 5.56 Å². The van der Waals surface area contributed by atoms with Gasteiger partial charge in [0.15, 0.2) is 17.3 Å². The summed E-state index contributed by atoms with van der Waals surface area (Å²) in [4.78, 5) is 12.5. The lowest BCUT2D eigenvalue weighted by Crippen LogP contribution is -2.14. The number of oxazole rings is 1. The molecule has 22 heavy (non-hydrogen) atoms. The average molecular weight is 316 g/mol. The van der Waals surface area contributed by atoms with E-state index in [0.29, 0.717) is 33.4 Å². The summed E-state index contributed by atoms with van der Waals surface area (Å²) in [5, 5.41) is 6.76. The number of hydrogen-bond donors (Lipinski definition) is 2. The first-order valence-electron chi connectivity index (χ1n) is 6.18. The van der Waals surface area contributed by atoms with Crippen LogP contribution >= 0.6 is 11.6 Å². The molecule has 9 heteroatoms. The third kappa shape index (κ3) is 2.51. The monoisotopic (exact) mass is 315 g/mol. The van der Waals surface area contributed by atoms with Crippen molar-refractivity contribution in [3.63, 3.8) is 0 Å². The summed E-state index contributed by atoms with van der Waals surface area (Å²) in [6, 6.07) is 5.17. The number of halogens is 1. The van der Waals surface area contributed by atoms with Crippen LogP contribution in [0.3, 0.4) is 0 Å². The first-order valence-corrected chi connectivity index (χ1v) is 6.55. The van der Waals surface area contributed by atoms with Gasteiger partial charge in [-0.05, 0) is 18.2 Å². The van der Waals surface area contributed by atoms with Crippen LogP contribution in [0.25, 0.3) is 22.4 Å². The number of nitrogens with two attached hydrogens (primary N) is 1. The fraction of sp³-hybridized carbons (Fsp3) is 0.0769. The van der Waals surface area contributed by atoms with Crippen molar-refractivity contribution in [1.82, 2.24) is 15.0 Å². The van der Waals surface area contributed by atoms with Crippen LogP contribution in [0, 0.1) is 12.5 Å². The number of nitrogens with one attached hydrogen (secondary N) is 1. The molecule has 0 saturated heterocycles. The molecular weight excluding hydrogens is 306 g/mol. The normalized spacial score (nSPS) is 11.8. The Morgan fingerprint density at radius 2 is 2.14 bits per heavy atom. The molecule has 0 aliphatic rings. The quantitative estimate of drug-likeness (QED) is 0.332. The second-order valence-corrected chi connectivity index (χ2v) is 4.82. The highest BCUT2D eigenvalue weighted by Crippen LogP contribution is 2.30. The molecule has 0 spiro atoms. The van der Waals surface area contributed by atoms with Gasteiger partial charge in [0.1, 0.15) is 17.5 Å². The van der Waals surface area contributed by atoms with Crippen LogP contribution in [0.5, 0.6) is 0 Å². The van der Waals surface area contributed by atoms with Crippen molar-refractivity contribution in [3.8, 4) is 11.3 Å². The van der Waals surface area contributed by atoms with Gasteiger partial charge in [-0.25, -0.2) is 15.0 Å². The van der Waals surface area contributed by atoms with Crippen molar-refractivity contribution in [2.45, 2.75) is 6.92 Å². The van der Waals surface area contributed by atoms with Crippen LogP contribution in [0.15, 0.2) is 39.3 Å². The molecule has 0 aliphatic carbocycles. The Morgan fingerprint density at radius 3 is 2.91 bits per heavy atom. The summed E-state index contributed by atoms with van der Waals surface area (Å²) >= 11 is 6.21. The molecule has 3 N–H and O–H groups in total. The standard InChI is InChI=1S/C13H10ClN7O/c1-6-19-10-3-7(2-8(14)12(10)22-6)9-4-11(18-5-17-9)13(15)20-21-16/h2-5H,1H3,(H3,15,16,20). The van der Waals surface area contributed by atoms with Gasteiger partial charge in [-0.1, -0.05) is 16.8 Å². The van der Waals surface area contributed by atoms with Crippen molar-refractivity contribution < 1.29 is 4.42 Å². The molecule has 110 valence electrons. The molecular formula is C13H10ClN7O. The molecule has 0 atom stereocenters. The van der Waals surface area contributed by atoms with E-state index in [1.54, 1.807) is 19.1 Å². The molecule has 3 aromatic rings. The van der Waals surface area contributed by atoms with E-state index in [1.807, 2.05) is 6.07 Å². The number of rotatable bonds is 3. The molecule has 0 amide bonds. The Bertz CT molecular complexity index is 903. The van der Waals surface area contributed by atoms with Gasteiger partial charge in [-0.2, -0.15) is 5.53 Å². The summed E-state index contributed by atoms with van der Waals surface area (Å²) in [5.41, 5.74) is 15.2. The average Bonchev–Trinajstić information content (AvgIpc) is 2.88. The second kappa shape index (κ2) is 5.49. The van der Waals surface area contributed by atoms with Gasteiger partial charge in [-0.15, -0.1) is 5.10 Å². The van der Waals surface area contributed by atoms with Crippen LogP contribution in [-0.4, -0.2) is 20.8 Å². The smallest absolute Gasteiger partial charge is 0.192 e. The van der Waals surface area contributed by atoms with E-state index in [4.69, 9.17) is 27.3 Å². The largest absolute Gasteiger partial charge is 0.439 e. The van der Waals surface area contributed by atoms with Gasteiger partial charge in [0.05, 0.1) is 10.7 Å². The predicted molar refractivity (Wildman–Crippen MR) is 80.7 cm³/mol. The van der Waals surface area contributed by atoms with Gasteiger partial charge in [0.2, 0.25) is 0 Å². The van der Waals surface area contributed by atoms with Crippen LogP contribution < -0.4 is 5.73 Å². The van der Waals surface area contributed by atoms with E-state index in [1.165, 1.54) is 6.33 Å². The molecule has 8 nitrogen and oxygen atoms in total. The van der Waals surface area contributed by atoms with E-state index in [-0.39, 0.29) is 5.84 Å². The number of amidine groups is 1. The molecule has 0 fully saturated rings. The van der Waals surface area contributed by atoms with E-state index >= 15 is 0 Å². The van der Waals surface area contributed by atoms with Crippen molar-refractivity contribution in [3.05, 3.63) is 41.1 Å². The topological polar surface area (TPSA) is 126 Å². The minimum atomic E-state index is 0.0307. The van der Waals surface area contributed by atoms with E-state index in [9.17, 15) is 0 Å². The first kappa shape index (κ1) is 14.1. The fourth-order valence-corrected chi connectivity index (χ4v) is 2.26. The lowest BCUT2D eigenvalue weighted by Gasteiger charge is -2.03. The zero-order valence-electron chi connectivity index (χ0n) is 11.4. The zero-order chi connectivity index (χ0) is 15.7. The van der Waals surface area contributed by atoms with Crippen molar-refractivity contribution in [2.75, 3.05) is 0 Å². The maximum atomic E-state index is 6.70. The predicted octanol–water partition coefficient (Wildman–Crippen LogP) is 2.90. The van der Waals surface area contributed by atoms with Crippen molar-refractivity contribution >= 4 is 28.5 Å². The summed E-state index contributed by atoms with van der Waals surface area (Å²) in [6.45, 7) is 1.75. The summed E-state index contributed by atoms with van der Waals surface area (Å²) < 4.78 is 5.44. The van der Waals surface area contributed by atoms with Crippen LogP contribution in [0.2, 0.25) is 5.02 Å². The number of aromatic nitrogens is 3. The summed E-state index contributed by atoms with van der Waals surface area (Å²) in [7, 11) is 0. The third-order valence-electron chi connectivity index (χ3n) is 2.93. The highest BCUT2D eigenvalue weighted by molar-refractivity contribution is 6.35. The van der Waals surface area contributed by atoms with Crippen molar-refractivity contribution in [2.24, 2.45) is 16.1 Å². The van der Waals surface area contributed by atoms with Gasteiger partial charge in [0, 0.05) is 12.5 Å². The number of fused-ring (bicyclic) bond motifs is 1. The summed E-state index contributed by atoms with van der Waals surface area (Å²) in [5.74, 6) is 0.564. The number of aryl methyl sites for hydroxylation is 1. The lowest BCUT2D eigenvalue weighted by molar-refractivity contribution is 0.561. The highest BCUT2D eigenvalue weighted by atomic mass is 35.5. The Kier molecular flexibility index (Phi) is 3.51. The number of benzene rings is 1. The molecule has 0 bridgehead atoms. The van der Waals surface area contributed by atoms with Crippen LogP contribution in [-0.2, 0) is 0 Å². The minimum Gasteiger partial charge on any atom is -0.439 e. The lowest BCUT2D eigenvalue weighted by atomic mass is 10.1. The van der Waals surface area contributed by atoms with Crippen LogP contribution in [0.1, 0.15) is 11.6 Å². The molecule has 1 aromatic carbocycles. The SMILES string of the molecule is Cc1nc2cc(-c3cc(C(N)=NN=N)ncn3)cc(Cl)c2o1. The first-order chi connectivity index (χ1) is 10.6. The van der Waals surface area contributed by atoms with Gasteiger partial charge < -0.3 is 10.2 Å². The molecule has 2 heterocycles. The number of hydrogen-bond acceptors (Lipinski definition) is 6. The van der Waals surface area contributed by atoms with E-state index in [2.05, 4.69) is 25.3 Å². The van der Waals surface area contributed by atoms with Gasteiger partial charge in [-0.3, -0.25) is 0 Å². The Morgan fingerprint density at radius 1 is 1.32 bits per heavy atom. The fourth-order valence-electron chi connectivity index (χ4n) is 2.01. The molecule has 0 saturated carbocycles. The van der Waals surface area contributed by atoms with Crippen LogP contribution in [0.4, 0.5) is 0 Å². The maximum Gasteiger partial charge on any atom is 0.192 e. The Hall–Kier alpha value is -2.87. The zero-order valence-corrected chi connectivity index (χ0v) is 12.2. The highest BCUT2D eigenvalue weighted by Gasteiger charge is 2.12. The second-order valence-electron chi connectivity index (χ2n) is 4.41. The maximum absolute atomic E-state index is 6.70. The molecule has 3 rings (SSSR count).